The van der Waals surface area contributed by atoms with Crippen molar-refractivity contribution in [1.29, 1.82) is 0 Å². The topological polar surface area (TPSA) is 143 Å². The number of fused-ring (bicyclic) bond motifs is 1. The van der Waals surface area contributed by atoms with Crippen molar-refractivity contribution in [3.63, 3.8) is 0 Å². The van der Waals surface area contributed by atoms with Crippen molar-refractivity contribution in [2.75, 3.05) is 18.5 Å². The van der Waals surface area contributed by atoms with E-state index in [1.54, 1.807) is 18.2 Å². The predicted octanol–water partition coefficient (Wildman–Crippen LogP) is 5.65. The second-order valence-electron chi connectivity index (χ2n) is 12.1. The van der Waals surface area contributed by atoms with Gasteiger partial charge in [-0.3, -0.25) is 19.2 Å². The molecule has 0 fully saturated rings. The summed E-state index contributed by atoms with van der Waals surface area (Å²) in [6.45, 7) is 7.04. The number of ether oxygens (including phenoxy) is 2. The van der Waals surface area contributed by atoms with Gasteiger partial charge in [-0.25, -0.2) is 0 Å². The number of hydrogen-bond acceptors (Lipinski definition) is 7. The van der Waals surface area contributed by atoms with Gasteiger partial charge in [0.1, 0.15) is 25.0 Å². The maximum atomic E-state index is 13.5. The molecule has 4 aromatic rings. The van der Waals surface area contributed by atoms with E-state index in [0.717, 1.165) is 21.9 Å². The van der Waals surface area contributed by atoms with Gasteiger partial charge >= 0.3 is 5.97 Å². The summed E-state index contributed by atoms with van der Waals surface area (Å²) in [7, 11) is 0. The fourth-order valence-corrected chi connectivity index (χ4v) is 5.34. The van der Waals surface area contributed by atoms with E-state index in [4.69, 9.17) is 9.47 Å². The number of anilines is 1. The van der Waals surface area contributed by atoms with Crippen LogP contribution < -0.4 is 20.7 Å². The van der Waals surface area contributed by atoms with Gasteiger partial charge in [-0.05, 0) is 65.4 Å². The van der Waals surface area contributed by atoms with E-state index in [1.807, 2.05) is 84.9 Å². The normalized spacial score (nSPS) is 12.5. The first kappa shape index (κ1) is 38.1. The SMILES string of the molecule is C=CCCC(=O)OCC(NC(=O)C(CC=C)CC(=O)NC(CO)Cc1ccc(OCc2ccccc2)cc1)C(=O)Nc1ccc2ccccc2c1. The zero-order chi connectivity index (χ0) is 36.4. The zero-order valence-corrected chi connectivity index (χ0v) is 28.6. The minimum absolute atomic E-state index is 0.0773. The number of benzene rings is 4. The molecule has 3 amide bonds. The molecule has 0 aliphatic heterocycles. The molecule has 0 aliphatic rings. The molecule has 3 atom stereocenters. The number of carbonyl (C=O) groups excluding carboxylic acids is 4. The summed E-state index contributed by atoms with van der Waals surface area (Å²) in [5.74, 6) is -2.35. The van der Waals surface area contributed by atoms with E-state index in [-0.39, 0.29) is 25.9 Å². The first-order valence-electron chi connectivity index (χ1n) is 16.9. The largest absolute Gasteiger partial charge is 0.489 e. The molecule has 0 spiro atoms. The van der Waals surface area contributed by atoms with Gasteiger partial charge in [0.15, 0.2) is 0 Å². The summed E-state index contributed by atoms with van der Waals surface area (Å²) < 4.78 is 11.2. The quantitative estimate of drug-likeness (QED) is 0.0693. The van der Waals surface area contributed by atoms with Gasteiger partial charge in [0, 0.05) is 18.5 Å². The molecular weight excluding hydrogens is 646 g/mol. The third-order valence-corrected chi connectivity index (χ3v) is 8.11. The van der Waals surface area contributed by atoms with E-state index in [1.165, 1.54) is 6.08 Å². The minimum Gasteiger partial charge on any atom is -0.489 e. The molecule has 10 nitrogen and oxygen atoms in total. The second-order valence-corrected chi connectivity index (χ2v) is 12.1. The van der Waals surface area contributed by atoms with Gasteiger partial charge in [0.05, 0.1) is 18.6 Å². The number of rotatable bonds is 20. The number of amides is 3. The molecule has 0 heterocycles. The van der Waals surface area contributed by atoms with Crippen LogP contribution in [0.5, 0.6) is 5.75 Å². The smallest absolute Gasteiger partial charge is 0.306 e. The van der Waals surface area contributed by atoms with E-state index < -0.39 is 48.3 Å². The Labute approximate surface area is 298 Å². The third kappa shape index (κ3) is 12.6. The first-order valence-corrected chi connectivity index (χ1v) is 16.9. The van der Waals surface area contributed by atoms with Crippen molar-refractivity contribution >= 4 is 40.2 Å². The Morgan fingerprint density at radius 1 is 0.784 bits per heavy atom. The van der Waals surface area contributed by atoms with Crippen LogP contribution in [-0.2, 0) is 36.9 Å². The van der Waals surface area contributed by atoms with Crippen LogP contribution in [0.2, 0.25) is 0 Å². The number of carbonyl (C=O) groups is 4. The molecule has 0 radical (unpaired) electrons. The number of esters is 1. The molecule has 266 valence electrons. The van der Waals surface area contributed by atoms with Crippen LogP contribution in [0.1, 0.15) is 36.8 Å². The lowest BCUT2D eigenvalue weighted by Crippen LogP contribution is -2.49. The van der Waals surface area contributed by atoms with Crippen LogP contribution in [0.15, 0.2) is 122 Å². The zero-order valence-electron chi connectivity index (χ0n) is 28.6. The molecule has 4 aromatic carbocycles. The third-order valence-electron chi connectivity index (χ3n) is 8.11. The highest BCUT2D eigenvalue weighted by molar-refractivity contribution is 5.99. The summed E-state index contributed by atoms with van der Waals surface area (Å²) in [5, 5.41) is 20.2. The Morgan fingerprint density at radius 3 is 2.22 bits per heavy atom. The number of allylic oxidation sites excluding steroid dienone is 2. The fourth-order valence-electron chi connectivity index (χ4n) is 5.34. The van der Waals surface area contributed by atoms with Crippen molar-refractivity contribution in [1.82, 2.24) is 10.6 Å². The van der Waals surface area contributed by atoms with Crippen LogP contribution in [0.4, 0.5) is 5.69 Å². The molecule has 3 unspecified atom stereocenters. The van der Waals surface area contributed by atoms with E-state index in [9.17, 15) is 24.3 Å². The highest BCUT2D eigenvalue weighted by atomic mass is 16.5. The summed E-state index contributed by atoms with van der Waals surface area (Å²) in [4.78, 5) is 52.3. The summed E-state index contributed by atoms with van der Waals surface area (Å²) in [6, 6.07) is 28.5. The van der Waals surface area contributed by atoms with E-state index in [2.05, 4.69) is 29.1 Å². The van der Waals surface area contributed by atoms with Crippen molar-refractivity contribution in [2.45, 2.75) is 50.8 Å². The molecule has 10 heteroatoms. The fraction of sp³-hybridized carbons (Fsp3) is 0.268. The average molecular weight is 692 g/mol. The minimum atomic E-state index is -1.24. The molecule has 0 saturated carbocycles. The number of aliphatic hydroxyl groups excluding tert-OH is 1. The molecule has 51 heavy (non-hydrogen) atoms. The lowest BCUT2D eigenvalue weighted by atomic mass is 9.98. The van der Waals surface area contributed by atoms with Gasteiger partial charge in [0.25, 0.3) is 5.91 Å². The number of aliphatic hydroxyl groups is 1. The van der Waals surface area contributed by atoms with Crippen LogP contribution in [0.25, 0.3) is 10.8 Å². The van der Waals surface area contributed by atoms with E-state index in [0.29, 0.717) is 30.9 Å². The summed E-state index contributed by atoms with van der Waals surface area (Å²) in [5.41, 5.74) is 2.43. The summed E-state index contributed by atoms with van der Waals surface area (Å²) >= 11 is 0. The predicted molar refractivity (Wildman–Crippen MR) is 198 cm³/mol. The Morgan fingerprint density at radius 2 is 1.51 bits per heavy atom. The summed E-state index contributed by atoms with van der Waals surface area (Å²) in [6.07, 6.45) is 3.85. The highest BCUT2D eigenvalue weighted by Crippen LogP contribution is 2.20. The molecule has 0 saturated heterocycles. The van der Waals surface area contributed by atoms with Crippen molar-refractivity contribution in [3.05, 3.63) is 133 Å². The Hall–Kier alpha value is -5.74. The Balaban J connectivity index is 1.35. The molecule has 0 aliphatic carbocycles. The van der Waals surface area contributed by atoms with Gasteiger partial charge < -0.3 is 30.5 Å². The first-order chi connectivity index (χ1) is 24.8. The highest BCUT2D eigenvalue weighted by Gasteiger charge is 2.28. The van der Waals surface area contributed by atoms with Crippen LogP contribution in [0.3, 0.4) is 0 Å². The molecular formula is C41H45N3O7. The van der Waals surface area contributed by atoms with Crippen LogP contribution in [-0.4, -0.2) is 54.1 Å². The molecule has 4 rings (SSSR count). The van der Waals surface area contributed by atoms with Gasteiger partial charge in [-0.15, -0.1) is 13.2 Å². The standard InChI is InChI=1S/C41H45N3O7/c1-3-5-16-39(47)51-28-37(41(49)43-34-20-19-31-14-9-10-15-32(31)24-34)44-40(48)33(11-4-2)25-38(46)42-35(26-45)23-29-17-21-36(22-18-29)50-27-30-12-7-6-8-13-30/h3-4,6-10,12-15,17-22,24,33,35,37,45H,1-2,5,11,16,23,25-28H2,(H,42,46)(H,43,49)(H,44,48). The lowest BCUT2D eigenvalue weighted by molar-refractivity contribution is -0.146. The number of nitrogens with one attached hydrogen (secondary N) is 3. The van der Waals surface area contributed by atoms with Gasteiger partial charge in [0.2, 0.25) is 11.8 Å². The van der Waals surface area contributed by atoms with Crippen LogP contribution in [0, 0.1) is 5.92 Å². The molecule has 0 aromatic heterocycles. The second kappa shape index (κ2) is 20.1. The Bertz CT molecular complexity index is 1780. The maximum absolute atomic E-state index is 13.5. The van der Waals surface area contributed by atoms with Crippen molar-refractivity contribution in [2.24, 2.45) is 5.92 Å². The Kier molecular flexibility index (Phi) is 15.0. The lowest BCUT2D eigenvalue weighted by Gasteiger charge is -2.23. The average Bonchev–Trinajstić information content (AvgIpc) is 3.15. The van der Waals surface area contributed by atoms with Gasteiger partial charge in [-0.2, -0.15) is 0 Å². The monoisotopic (exact) mass is 691 g/mol. The van der Waals surface area contributed by atoms with Gasteiger partial charge in [-0.1, -0.05) is 84.9 Å². The van der Waals surface area contributed by atoms with E-state index >= 15 is 0 Å². The maximum Gasteiger partial charge on any atom is 0.306 e. The van der Waals surface area contributed by atoms with Crippen molar-refractivity contribution < 1.29 is 33.8 Å². The van der Waals surface area contributed by atoms with Crippen molar-refractivity contribution in [3.8, 4) is 5.75 Å². The molecule has 4 N–H and O–H groups in total. The van der Waals surface area contributed by atoms with Crippen LogP contribution >= 0.6 is 0 Å². The number of hydrogen-bond donors (Lipinski definition) is 4. The molecule has 0 bridgehead atoms.